The Bertz CT molecular complexity index is 683. The molecule has 0 saturated carbocycles. The fourth-order valence-corrected chi connectivity index (χ4v) is 2.17. The van der Waals surface area contributed by atoms with Gasteiger partial charge in [0.05, 0.1) is 5.69 Å². The molecule has 0 heterocycles. The minimum Gasteiger partial charge on any atom is -0.488 e. The number of carbonyl (C=O) groups is 1. The molecule has 0 spiro atoms. The summed E-state index contributed by atoms with van der Waals surface area (Å²) in [6, 6.07) is 10.4. The lowest BCUT2D eigenvalue weighted by atomic mass is 10.1. The zero-order valence-corrected chi connectivity index (χ0v) is 13.1. The molecule has 2 aromatic carbocycles. The summed E-state index contributed by atoms with van der Waals surface area (Å²) >= 11 is 0. The number of carbonyl (C=O) groups excluding carboxylic acids is 1. The molecule has 0 unspecified atom stereocenters. The van der Waals surface area contributed by atoms with E-state index in [1.165, 1.54) is 6.07 Å². The molecule has 0 bridgehead atoms. The summed E-state index contributed by atoms with van der Waals surface area (Å²) in [7, 11) is 0. The van der Waals surface area contributed by atoms with Gasteiger partial charge in [-0.1, -0.05) is 30.7 Å². The van der Waals surface area contributed by atoms with Crippen LogP contribution in [-0.4, -0.2) is 5.91 Å². The van der Waals surface area contributed by atoms with Gasteiger partial charge in [-0.2, -0.15) is 0 Å². The lowest BCUT2D eigenvalue weighted by Gasteiger charge is -2.14. The van der Waals surface area contributed by atoms with Gasteiger partial charge in [-0.25, -0.2) is 4.39 Å². The monoisotopic (exact) mass is 301 g/mol. The zero-order chi connectivity index (χ0) is 16.1. The topological polar surface area (TPSA) is 38.3 Å². The lowest BCUT2D eigenvalue weighted by molar-refractivity contribution is -0.115. The molecule has 0 aliphatic carbocycles. The van der Waals surface area contributed by atoms with Gasteiger partial charge in [-0.05, 0) is 37.6 Å². The van der Waals surface area contributed by atoms with Crippen LogP contribution in [0.2, 0.25) is 0 Å². The summed E-state index contributed by atoms with van der Waals surface area (Å²) < 4.78 is 19.8. The Morgan fingerprint density at radius 2 is 2.00 bits per heavy atom. The Labute approximate surface area is 130 Å². The third kappa shape index (κ3) is 3.85. The molecule has 0 aliphatic heterocycles. The number of rotatable bonds is 5. The molecule has 0 aromatic heterocycles. The van der Waals surface area contributed by atoms with Crippen LogP contribution in [0.15, 0.2) is 36.4 Å². The fourth-order valence-electron chi connectivity index (χ4n) is 2.17. The van der Waals surface area contributed by atoms with Crippen molar-refractivity contribution < 1.29 is 13.9 Å². The number of aryl methyl sites for hydroxylation is 2. The molecule has 22 heavy (non-hydrogen) atoms. The van der Waals surface area contributed by atoms with Crippen molar-refractivity contribution in [1.29, 1.82) is 0 Å². The van der Waals surface area contributed by atoms with Crippen molar-refractivity contribution in [3.8, 4) is 5.75 Å². The molecule has 1 amide bonds. The first-order valence-corrected chi connectivity index (χ1v) is 7.28. The average Bonchev–Trinajstić information content (AvgIpc) is 2.48. The van der Waals surface area contributed by atoms with Crippen LogP contribution in [0.25, 0.3) is 0 Å². The standard InChI is InChI=1S/C18H20FNO2/c1-4-18(21)20-16-7-5-6-15(19)14(16)11-22-17-9-8-12(2)10-13(17)3/h5-10H,4,11H2,1-3H3,(H,20,21). The normalized spacial score (nSPS) is 10.4. The lowest BCUT2D eigenvalue weighted by Crippen LogP contribution is -2.13. The van der Waals surface area contributed by atoms with Gasteiger partial charge in [0.2, 0.25) is 5.91 Å². The van der Waals surface area contributed by atoms with E-state index in [9.17, 15) is 9.18 Å². The Hall–Kier alpha value is -2.36. The van der Waals surface area contributed by atoms with E-state index in [0.29, 0.717) is 23.4 Å². The fraction of sp³-hybridized carbons (Fsp3) is 0.278. The second kappa shape index (κ2) is 7.07. The van der Waals surface area contributed by atoms with Crippen molar-refractivity contribution >= 4 is 11.6 Å². The Balaban J connectivity index is 2.19. The smallest absolute Gasteiger partial charge is 0.224 e. The van der Waals surface area contributed by atoms with Gasteiger partial charge in [0, 0.05) is 12.0 Å². The Morgan fingerprint density at radius 3 is 2.68 bits per heavy atom. The van der Waals surface area contributed by atoms with E-state index in [1.807, 2.05) is 32.0 Å². The number of benzene rings is 2. The molecule has 0 radical (unpaired) electrons. The predicted octanol–water partition coefficient (Wildman–Crippen LogP) is 4.37. The second-order valence-corrected chi connectivity index (χ2v) is 5.23. The van der Waals surface area contributed by atoms with Crippen LogP contribution in [0.5, 0.6) is 5.75 Å². The minimum atomic E-state index is -0.390. The highest BCUT2D eigenvalue weighted by Crippen LogP contribution is 2.24. The zero-order valence-electron chi connectivity index (χ0n) is 13.1. The molecule has 0 atom stereocenters. The molecule has 2 rings (SSSR count). The third-order valence-electron chi connectivity index (χ3n) is 3.42. The minimum absolute atomic E-state index is 0.0654. The highest BCUT2D eigenvalue weighted by Gasteiger charge is 2.12. The summed E-state index contributed by atoms with van der Waals surface area (Å²) in [5.74, 6) is 0.165. The highest BCUT2D eigenvalue weighted by molar-refractivity contribution is 5.91. The van der Waals surface area contributed by atoms with Crippen molar-refractivity contribution in [3.63, 3.8) is 0 Å². The number of ether oxygens (including phenoxy) is 1. The summed E-state index contributed by atoms with van der Waals surface area (Å²) in [6.07, 6.45) is 0.341. The number of nitrogens with one attached hydrogen (secondary N) is 1. The summed E-state index contributed by atoms with van der Waals surface area (Å²) in [5, 5.41) is 2.70. The maximum Gasteiger partial charge on any atom is 0.224 e. The average molecular weight is 301 g/mol. The first-order chi connectivity index (χ1) is 10.5. The van der Waals surface area contributed by atoms with Crippen molar-refractivity contribution in [2.45, 2.75) is 33.8 Å². The molecule has 116 valence electrons. The van der Waals surface area contributed by atoms with E-state index in [0.717, 1.165) is 11.1 Å². The van der Waals surface area contributed by atoms with Gasteiger partial charge < -0.3 is 10.1 Å². The second-order valence-electron chi connectivity index (χ2n) is 5.23. The van der Waals surface area contributed by atoms with Crippen molar-refractivity contribution in [2.24, 2.45) is 0 Å². The van der Waals surface area contributed by atoms with Crippen molar-refractivity contribution in [3.05, 3.63) is 58.9 Å². The van der Waals surface area contributed by atoms with Gasteiger partial charge in [-0.15, -0.1) is 0 Å². The van der Waals surface area contributed by atoms with Crippen LogP contribution in [-0.2, 0) is 11.4 Å². The van der Waals surface area contributed by atoms with Crippen LogP contribution >= 0.6 is 0 Å². The van der Waals surface area contributed by atoms with Gasteiger partial charge in [0.1, 0.15) is 18.2 Å². The maximum atomic E-state index is 14.0. The highest BCUT2D eigenvalue weighted by atomic mass is 19.1. The Morgan fingerprint density at radius 1 is 1.23 bits per heavy atom. The van der Waals surface area contributed by atoms with E-state index >= 15 is 0 Å². The molecule has 2 aromatic rings. The van der Waals surface area contributed by atoms with Gasteiger partial charge >= 0.3 is 0 Å². The van der Waals surface area contributed by atoms with Gasteiger partial charge in [0.25, 0.3) is 0 Å². The number of hydrogen-bond acceptors (Lipinski definition) is 2. The van der Waals surface area contributed by atoms with Gasteiger partial charge in [0.15, 0.2) is 0 Å². The number of hydrogen-bond donors (Lipinski definition) is 1. The van der Waals surface area contributed by atoms with Crippen LogP contribution < -0.4 is 10.1 Å². The first kappa shape index (κ1) is 16.0. The molecular formula is C18H20FNO2. The maximum absolute atomic E-state index is 14.0. The van der Waals surface area contributed by atoms with Crippen LogP contribution in [0.1, 0.15) is 30.0 Å². The van der Waals surface area contributed by atoms with Crippen molar-refractivity contribution in [2.75, 3.05) is 5.32 Å². The van der Waals surface area contributed by atoms with E-state index in [2.05, 4.69) is 5.32 Å². The number of amides is 1. The van der Waals surface area contributed by atoms with E-state index in [-0.39, 0.29) is 12.5 Å². The third-order valence-corrected chi connectivity index (χ3v) is 3.42. The van der Waals surface area contributed by atoms with Crippen LogP contribution in [0.4, 0.5) is 10.1 Å². The SMILES string of the molecule is CCC(=O)Nc1cccc(F)c1COc1ccc(C)cc1C. The van der Waals surface area contributed by atoms with E-state index < -0.39 is 5.82 Å². The summed E-state index contributed by atoms with van der Waals surface area (Å²) in [6.45, 7) is 5.77. The predicted molar refractivity (Wildman–Crippen MR) is 85.6 cm³/mol. The van der Waals surface area contributed by atoms with E-state index in [4.69, 9.17) is 4.74 Å². The number of anilines is 1. The molecular weight excluding hydrogens is 281 g/mol. The number of halogens is 1. The molecule has 0 aliphatic rings. The van der Waals surface area contributed by atoms with Gasteiger partial charge in [-0.3, -0.25) is 4.79 Å². The van der Waals surface area contributed by atoms with E-state index in [1.54, 1.807) is 19.1 Å². The van der Waals surface area contributed by atoms with Crippen LogP contribution in [0.3, 0.4) is 0 Å². The summed E-state index contributed by atoms with van der Waals surface area (Å²) in [5.41, 5.74) is 2.95. The molecule has 1 N–H and O–H groups in total. The molecule has 0 saturated heterocycles. The largest absolute Gasteiger partial charge is 0.488 e. The van der Waals surface area contributed by atoms with Crippen molar-refractivity contribution in [1.82, 2.24) is 0 Å². The van der Waals surface area contributed by atoms with Crippen LogP contribution in [0, 0.1) is 19.7 Å². The molecule has 4 heteroatoms. The quantitative estimate of drug-likeness (QED) is 0.890. The molecule has 3 nitrogen and oxygen atoms in total. The summed E-state index contributed by atoms with van der Waals surface area (Å²) in [4.78, 5) is 11.5. The molecule has 0 fully saturated rings. The Kier molecular flexibility index (Phi) is 5.15. The first-order valence-electron chi connectivity index (χ1n) is 7.28.